The summed E-state index contributed by atoms with van der Waals surface area (Å²) >= 11 is 0. The second-order valence-corrected chi connectivity index (χ2v) is 10.0. The summed E-state index contributed by atoms with van der Waals surface area (Å²) < 4.78 is 71.8. The Hall–Kier alpha value is -2.72. The molecule has 1 saturated carbocycles. The van der Waals surface area contributed by atoms with Gasteiger partial charge in [-0.25, -0.2) is 13.6 Å². The van der Waals surface area contributed by atoms with E-state index in [1.165, 1.54) is 6.07 Å². The third-order valence-electron chi connectivity index (χ3n) is 6.60. The molecule has 0 spiro atoms. The van der Waals surface area contributed by atoms with Crippen LogP contribution < -0.4 is 11.1 Å². The molecule has 0 radical (unpaired) electrons. The van der Waals surface area contributed by atoms with E-state index in [1.807, 2.05) is 20.8 Å². The highest BCUT2D eigenvalue weighted by atomic mass is 19.4. The maximum absolute atomic E-state index is 13.6. The zero-order valence-electron chi connectivity index (χ0n) is 19.6. The first kappa shape index (κ1) is 26.9. The SMILES string of the molecule is CC(C)(C)C1(NC[C@@H](O)[C@H](Cc2cc(F)cc(F)c2)OC(N)=O)CC1c1cccc(C(F)(F)F)c1. The average Bonchev–Trinajstić information content (AvgIpc) is 3.46. The van der Waals surface area contributed by atoms with E-state index in [0.29, 0.717) is 18.1 Å². The van der Waals surface area contributed by atoms with Crippen molar-refractivity contribution < 1.29 is 36.6 Å². The van der Waals surface area contributed by atoms with Gasteiger partial charge in [0.15, 0.2) is 0 Å². The summed E-state index contributed by atoms with van der Waals surface area (Å²) in [6.07, 6.45) is -7.81. The first-order valence-electron chi connectivity index (χ1n) is 11.1. The Bertz CT molecular complexity index is 1050. The second-order valence-electron chi connectivity index (χ2n) is 10.0. The normalized spacial score (nSPS) is 21.9. The number of nitrogens with two attached hydrogens (primary N) is 1. The molecule has 1 amide bonds. The number of β-amino-alcohol motifs (C(OH)–C–C–N with tert-alkyl or cyclic N) is 1. The summed E-state index contributed by atoms with van der Waals surface area (Å²) in [4.78, 5) is 11.4. The van der Waals surface area contributed by atoms with Gasteiger partial charge < -0.3 is 20.9 Å². The molecule has 2 aromatic rings. The Morgan fingerprint density at radius 1 is 1.17 bits per heavy atom. The molecule has 0 bridgehead atoms. The third kappa shape index (κ3) is 6.29. The standard InChI is InChI=1S/C25H29F5N2O3/c1-23(2,3)24(12-19(24)15-5-4-6-16(10-15)25(28,29)30)32-13-20(33)21(35-22(31)34)9-14-7-17(26)11-18(27)8-14/h4-8,10-11,19-21,32-33H,9,12-13H2,1-3H3,(H2,31,34)/t19?,20-,21+,24?/m1/s1. The van der Waals surface area contributed by atoms with Crippen molar-refractivity contribution in [2.45, 2.75) is 63.5 Å². The highest BCUT2D eigenvalue weighted by Crippen LogP contribution is 2.60. The summed E-state index contributed by atoms with van der Waals surface area (Å²) in [7, 11) is 0. The molecule has 1 aliphatic carbocycles. The number of halogens is 5. The maximum Gasteiger partial charge on any atom is 0.416 e. The lowest BCUT2D eigenvalue weighted by molar-refractivity contribution is -0.137. The predicted octanol–water partition coefficient (Wildman–Crippen LogP) is 4.91. The summed E-state index contributed by atoms with van der Waals surface area (Å²) in [5.74, 6) is -1.89. The van der Waals surface area contributed by atoms with Crippen molar-refractivity contribution in [1.82, 2.24) is 5.32 Å². The molecule has 0 aromatic heterocycles. The van der Waals surface area contributed by atoms with E-state index in [4.69, 9.17) is 10.5 Å². The molecule has 35 heavy (non-hydrogen) atoms. The third-order valence-corrected chi connectivity index (χ3v) is 6.60. The van der Waals surface area contributed by atoms with Gasteiger partial charge in [0.1, 0.15) is 23.8 Å². The van der Waals surface area contributed by atoms with E-state index in [1.54, 1.807) is 6.07 Å². The summed E-state index contributed by atoms with van der Waals surface area (Å²) in [6, 6.07) is 7.97. The van der Waals surface area contributed by atoms with Crippen LogP contribution in [0.2, 0.25) is 0 Å². The largest absolute Gasteiger partial charge is 0.443 e. The van der Waals surface area contributed by atoms with Crippen LogP contribution >= 0.6 is 0 Å². The van der Waals surface area contributed by atoms with E-state index < -0.39 is 52.6 Å². The van der Waals surface area contributed by atoms with Crippen molar-refractivity contribution in [2.24, 2.45) is 11.1 Å². The molecule has 192 valence electrons. The summed E-state index contributed by atoms with van der Waals surface area (Å²) in [5.41, 5.74) is 4.03. The average molecular weight is 501 g/mol. The summed E-state index contributed by atoms with van der Waals surface area (Å²) in [5, 5.41) is 14.1. The molecule has 1 fully saturated rings. The number of alkyl halides is 3. The molecule has 4 atom stereocenters. The number of nitrogens with one attached hydrogen (secondary N) is 1. The number of rotatable bonds is 8. The Morgan fingerprint density at radius 3 is 2.34 bits per heavy atom. The van der Waals surface area contributed by atoms with E-state index >= 15 is 0 Å². The van der Waals surface area contributed by atoms with Gasteiger partial charge in [-0.15, -0.1) is 0 Å². The minimum Gasteiger partial charge on any atom is -0.443 e. The van der Waals surface area contributed by atoms with Crippen molar-refractivity contribution in [3.05, 3.63) is 70.8 Å². The fraction of sp³-hybridized carbons (Fsp3) is 0.480. The molecular weight excluding hydrogens is 471 g/mol. The lowest BCUT2D eigenvalue weighted by Crippen LogP contribution is -2.50. The summed E-state index contributed by atoms with van der Waals surface area (Å²) in [6.45, 7) is 5.72. The van der Waals surface area contributed by atoms with Crippen molar-refractivity contribution >= 4 is 6.09 Å². The van der Waals surface area contributed by atoms with Crippen LogP contribution in [-0.4, -0.2) is 35.5 Å². The van der Waals surface area contributed by atoms with Crippen LogP contribution in [0.1, 0.15) is 49.8 Å². The van der Waals surface area contributed by atoms with Crippen LogP contribution in [-0.2, 0) is 17.3 Å². The van der Waals surface area contributed by atoms with E-state index in [0.717, 1.165) is 24.3 Å². The monoisotopic (exact) mass is 500 g/mol. The van der Waals surface area contributed by atoms with E-state index in [2.05, 4.69) is 5.32 Å². The molecule has 3 rings (SSSR count). The highest BCUT2D eigenvalue weighted by molar-refractivity contribution is 5.64. The number of carbonyl (C=O) groups excluding carboxylic acids is 1. The van der Waals surface area contributed by atoms with Gasteiger partial charge in [0.2, 0.25) is 0 Å². The molecule has 0 heterocycles. The Kier molecular flexibility index (Phi) is 7.48. The van der Waals surface area contributed by atoms with Crippen LogP contribution in [0, 0.1) is 17.0 Å². The quantitative estimate of drug-likeness (QED) is 0.450. The Labute approximate surface area is 200 Å². The number of hydrogen-bond acceptors (Lipinski definition) is 4. The molecule has 1 aliphatic rings. The number of amides is 1. The lowest BCUT2D eigenvalue weighted by atomic mass is 9.81. The topological polar surface area (TPSA) is 84.6 Å². The minimum atomic E-state index is -4.46. The van der Waals surface area contributed by atoms with Gasteiger partial charge in [-0.3, -0.25) is 0 Å². The zero-order chi connectivity index (χ0) is 26.2. The van der Waals surface area contributed by atoms with Crippen LogP contribution in [0.25, 0.3) is 0 Å². The smallest absolute Gasteiger partial charge is 0.416 e. The Balaban J connectivity index is 1.77. The molecule has 2 aromatic carbocycles. The second kappa shape index (κ2) is 9.73. The van der Waals surface area contributed by atoms with Gasteiger partial charge in [0.25, 0.3) is 0 Å². The molecule has 5 nitrogen and oxygen atoms in total. The van der Waals surface area contributed by atoms with Crippen LogP contribution in [0.5, 0.6) is 0 Å². The van der Waals surface area contributed by atoms with Crippen LogP contribution in [0.4, 0.5) is 26.7 Å². The number of ether oxygens (including phenoxy) is 1. The molecular formula is C25H29F5N2O3. The number of aliphatic hydroxyl groups excluding tert-OH is 1. The number of carbonyl (C=O) groups is 1. The fourth-order valence-corrected chi connectivity index (χ4v) is 4.67. The van der Waals surface area contributed by atoms with Gasteiger partial charge in [-0.05, 0) is 41.2 Å². The first-order chi connectivity index (χ1) is 16.1. The van der Waals surface area contributed by atoms with Crippen molar-refractivity contribution in [3.63, 3.8) is 0 Å². The first-order valence-corrected chi connectivity index (χ1v) is 11.1. The predicted molar refractivity (Wildman–Crippen MR) is 120 cm³/mol. The van der Waals surface area contributed by atoms with E-state index in [-0.39, 0.29) is 24.4 Å². The number of benzene rings is 2. The van der Waals surface area contributed by atoms with Gasteiger partial charge >= 0.3 is 12.3 Å². The number of hydrogen-bond donors (Lipinski definition) is 3. The van der Waals surface area contributed by atoms with E-state index in [9.17, 15) is 31.9 Å². The minimum absolute atomic E-state index is 0.0948. The molecule has 0 saturated heterocycles. The van der Waals surface area contributed by atoms with Gasteiger partial charge in [0.05, 0.1) is 5.56 Å². The van der Waals surface area contributed by atoms with Crippen molar-refractivity contribution in [2.75, 3.05) is 6.54 Å². The van der Waals surface area contributed by atoms with Crippen LogP contribution in [0.15, 0.2) is 42.5 Å². The van der Waals surface area contributed by atoms with Crippen molar-refractivity contribution in [3.8, 4) is 0 Å². The molecule has 4 N–H and O–H groups in total. The molecule has 0 aliphatic heterocycles. The van der Waals surface area contributed by atoms with Gasteiger partial charge in [-0.1, -0.05) is 39.0 Å². The number of primary amides is 1. The molecule has 2 unspecified atom stereocenters. The van der Waals surface area contributed by atoms with Crippen LogP contribution in [0.3, 0.4) is 0 Å². The zero-order valence-corrected chi connectivity index (χ0v) is 19.6. The lowest BCUT2D eigenvalue weighted by Gasteiger charge is -2.35. The fourth-order valence-electron chi connectivity index (χ4n) is 4.67. The maximum atomic E-state index is 13.6. The Morgan fingerprint density at radius 2 is 1.80 bits per heavy atom. The van der Waals surface area contributed by atoms with Gasteiger partial charge in [-0.2, -0.15) is 13.2 Å². The molecule has 10 heteroatoms. The highest BCUT2D eigenvalue weighted by Gasteiger charge is 2.61. The van der Waals surface area contributed by atoms with Gasteiger partial charge in [0, 0.05) is 30.5 Å². The van der Waals surface area contributed by atoms with Crippen molar-refractivity contribution in [1.29, 1.82) is 0 Å². The number of aliphatic hydroxyl groups is 1.